The van der Waals surface area contributed by atoms with E-state index < -0.39 is 6.10 Å². The van der Waals surface area contributed by atoms with Gasteiger partial charge >= 0.3 is 0 Å². The molecular weight excluding hydrogens is 414 g/mol. The minimum Gasteiger partial charge on any atom is -0.480 e. The van der Waals surface area contributed by atoms with Gasteiger partial charge in [0.05, 0.1) is 4.91 Å². The molecule has 2 aromatic rings. The fraction of sp³-hybridized carbons (Fsp3) is 0.200. The third kappa shape index (κ3) is 4.28. The number of fused-ring (bicyclic) bond motifs is 1. The molecule has 0 radical (unpaired) electrons. The number of ether oxygens (including phenoxy) is 1. The van der Waals surface area contributed by atoms with Crippen LogP contribution in [0, 0.1) is 0 Å². The predicted molar refractivity (Wildman–Crippen MR) is 109 cm³/mol. The maximum atomic E-state index is 12.5. The molecule has 3 amide bonds. The zero-order chi connectivity index (χ0) is 20.4. The molecule has 0 spiro atoms. The van der Waals surface area contributed by atoms with Crippen molar-refractivity contribution >= 4 is 46.5 Å². The van der Waals surface area contributed by atoms with Crippen molar-refractivity contribution in [2.75, 3.05) is 13.1 Å². The van der Waals surface area contributed by atoms with Crippen molar-refractivity contribution in [3.05, 3.63) is 63.8 Å². The van der Waals surface area contributed by atoms with Crippen LogP contribution in [0.5, 0.6) is 5.75 Å². The number of aromatic nitrogens is 1. The van der Waals surface area contributed by atoms with Gasteiger partial charge in [0.15, 0.2) is 6.10 Å². The van der Waals surface area contributed by atoms with Gasteiger partial charge in [-0.25, -0.2) is 0 Å². The van der Waals surface area contributed by atoms with Crippen LogP contribution in [-0.4, -0.2) is 46.1 Å². The minimum atomic E-state index is -0.649. The smallest absolute Gasteiger partial charge is 0.293 e. The topological polar surface area (TPSA) is 88.6 Å². The molecule has 4 rings (SSSR count). The summed E-state index contributed by atoms with van der Waals surface area (Å²) < 4.78 is 5.63. The molecule has 1 atom stereocenters. The van der Waals surface area contributed by atoms with Gasteiger partial charge in [-0.1, -0.05) is 17.7 Å². The number of hydrogen-bond donors (Lipinski definition) is 1. The molecule has 7 nitrogen and oxygen atoms in total. The minimum absolute atomic E-state index is 0.0896. The van der Waals surface area contributed by atoms with E-state index in [2.05, 4.69) is 10.3 Å². The van der Waals surface area contributed by atoms with Gasteiger partial charge in [-0.2, -0.15) is 0 Å². The average molecular weight is 430 g/mol. The van der Waals surface area contributed by atoms with Gasteiger partial charge in [-0.3, -0.25) is 24.3 Å². The Morgan fingerprint density at radius 2 is 2.24 bits per heavy atom. The number of imide groups is 1. The van der Waals surface area contributed by atoms with E-state index in [1.165, 1.54) is 0 Å². The van der Waals surface area contributed by atoms with E-state index in [9.17, 15) is 14.4 Å². The van der Waals surface area contributed by atoms with E-state index in [0.29, 0.717) is 22.1 Å². The lowest BCUT2D eigenvalue weighted by Gasteiger charge is -2.15. The molecule has 1 fully saturated rings. The van der Waals surface area contributed by atoms with Crippen LogP contribution in [0.1, 0.15) is 11.1 Å². The van der Waals surface area contributed by atoms with Gasteiger partial charge in [0.2, 0.25) is 0 Å². The standard InChI is InChI=1S/C20H16ClN3O4S/c21-14-3-4-15-13(9-14)10-16(28-15)18(25)23-6-7-24-19(26)17(29-20(24)27)8-12-2-1-5-22-11-12/h1-5,8-9,11,16H,6-7,10H2,(H,23,25)/b17-8-. The molecular formula is C20H16ClN3O4S. The fourth-order valence-corrected chi connectivity index (χ4v) is 4.13. The number of carbonyl (C=O) groups excluding carboxylic acids is 3. The number of nitrogens with one attached hydrogen (secondary N) is 1. The molecule has 2 aliphatic heterocycles. The second-order valence-corrected chi connectivity index (χ2v) is 7.90. The number of carbonyl (C=O) groups is 3. The summed E-state index contributed by atoms with van der Waals surface area (Å²) in [6.07, 6.45) is 4.65. The highest BCUT2D eigenvalue weighted by atomic mass is 35.5. The summed E-state index contributed by atoms with van der Waals surface area (Å²) in [5, 5.41) is 2.95. The molecule has 1 N–H and O–H groups in total. The molecule has 9 heteroatoms. The second-order valence-electron chi connectivity index (χ2n) is 6.47. The Hall–Kier alpha value is -2.84. The predicted octanol–water partition coefficient (Wildman–Crippen LogP) is 2.89. The molecule has 1 unspecified atom stereocenters. The second kappa shape index (κ2) is 8.26. The molecule has 1 saturated heterocycles. The molecule has 0 saturated carbocycles. The number of amides is 3. The first-order valence-corrected chi connectivity index (χ1v) is 10.1. The van der Waals surface area contributed by atoms with E-state index in [-0.39, 0.29) is 30.1 Å². The molecule has 1 aromatic heterocycles. The number of thioether (sulfide) groups is 1. The van der Waals surface area contributed by atoms with Crippen molar-refractivity contribution in [2.45, 2.75) is 12.5 Å². The summed E-state index contributed by atoms with van der Waals surface area (Å²) in [6.45, 7) is 0.236. The van der Waals surface area contributed by atoms with Crippen molar-refractivity contribution in [3.8, 4) is 5.75 Å². The molecule has 0 bridgehead atoms. The Morgan fingerprint density at radius 3 is 3.03 bits per heavy atom. The first-order chi connectivity index (χ1) is 14.0. The molecule has 29 heavy (non-hydrogen) atoms. The first-order valence-electron chi connectivity index (χ1n) is 8.89. The average Bonchev–Trinajstić information content (AvgIpc) is 3.24. The largest absolute Gasteiger partial charge is 0.480 e. The van der Waals surface area contributed by atoms with E-state index >= 15 is 0 Å². The van der Waals surface area contributed by atoms with Crippen molar-refractivity contribution in [3.63, 3.8) is 0 Å². The van der Waals surface area contributed by atoms with Gasteiger partial charge in [0, 0.05) is 36.9 Å². The molecule has 148 valence electrons. The number of hydrogen-bond acceptors (Lipinski definition) is 6. The van der Waals surface area contributed by atoms with Crippen LogP contribution < -0.4 is 10.1 Å². The van der Waals surface area contributed by atoms with Gasteiger partial charge < -0.3 is 10.1 Å². The molecule has 2 aliphatic rings. The van der Waals surface area contributed by atoms with Crippen LogP contribution in [0.3, 0.4) is 0 Å². The van der Waals surface area contributed by atoms with E-state index in [4.69, 9.17) is 16.3 Å². The number of rotatable bonds is 5. The maximum Gasteiger partial charge on any atom is 0.293 e. The normalized spacial score (nSPS) is 19.4. The van der Waals surface area contributed by atoms with Crippen molar-refractivity contribution in [2.24, 2.45) is 0 Å². The van der Waals surface area contributed by atoms with Crippen molar-refractivity contribution in [1.29, 1.82) is 0 Å². The summed E-state index contributed by atoms with van der Waals surface area (Å²) in [7, 11) is 0. The summed E-state index contributed by atoms with van der Waals surface area (Å²) in [5.41, 5.74) is 1.62. The lowest BCUT2D eigenvalue weighted by molar-refractivity contribution is -0.128. The van der Waals surface area contributed by atoms with Crippen LogP contribution in [-0.2, 0) is 16.0 Å². The van der Waals surface area contributed by atoms with Crippen LogP contribution in [0.25, 0.3) is 6.08 Å². The van der Waals surface area contributed by atoms with Crippen LogP contribution in [0.15, 0.2) is 47.6 Å². The Kier molecular flexibility index (Phi) is 5.55. The van der Waals surface area contributed by atoms with Gasteiger partial charge in [-0.05, 0) is 53.2 Å². The van der Waals surface area contributed by atoms with Crippen LogP contribution >= 0.6 is 23.4 Å². The zero-order valence-electron chi connectivity index (χ0n) is 15.1. The van der Waals surface area contributed by atoms with Gasteiger partial charge in [0.25, 0.3) is 17.1 Å². The fourth-order valence-electron chi connectivity index (χ4n) is 3.07. The summed E-state index contributed by atoms with van der Waals surface area (Å²) in [5.74, 6) is -0.0338. The number of pyridine rings is 1. The molecule has 0 aliphatic carbocycles. The molecule has 3 heterocycles. The highest BCUT2D eigenvalue weighted by molar-refractivity contribution is 8.18. The zero-order valence-corrected chi connectivity index (χ0v) is 16.7. The van der Waals surface area contributed by atoms with Gasteiger partial charge in [-0.15, -0.1) is 0 Å². The molecule has 1 aromatic carbocycles. The summed E-state index contributed by atoms with van der Waals surface area (Å²) in [4.78, 5) is 42.4. The Bertz CT molecular complexity index is 1010. The number of halogens is 1. The Morgan fingerprint density at radius 1 is 1.38 bits per heavy atom. The maximum absolute atomic E-state index is 12.5. The van der Waals surface area contributed by atoms with Crippen LogP contribution in [0.2, 0.25) is 5.02 Å². The highest BCUT2D eigenvalue weighted by Gasteiger charge is 2.35. The third-order valence-electron chi connectivity index (χ3n) is 4.48. The van der Waals surface area contributed by atoms with E-state index in [1.807, 2.05) is 0 Å². The van der Waals surface area contributed by atoms with Gasteiger partial charge in [0.1, 0.15) is 5.75 Å². The van der Waals surface area contributed by atoms with Crippen molar-refractivity contribution in [1.82, 2.24) is 15.2 Å². The van der Waals surface area contributed by atoms with Crippen molar-refractivity contribution < 1.29 is 19.1 Å². The first kappa shape index (κ1) is 19.5. The number of benzene rings is 1. The SMILES string of the molecule is O=C(NCCN1C(=O)S/C(=C\c2cccnc2)C1=O)C1Cc2cc(Cl)ccc2O1. The van der Waals surface area contributed by atoms with E-state index in [0.717, 1.165) is 27.8 Å². The summed E-state index contributed by atoms with van der Waals surface area (Å²) >= 11 is 6.84. The lowest BCUT2D eigenvalue weighted by atomic mass is 10.1. The lowest BCUT2D eigenvalue weighted by Crippen LogP contribution is -2.42. The number of nitrogens with zero attached hydrogens (tertiary/aromatic N) is 2. The van der Waals surface area contributed by atoms with Crippen LogP contribution in [0.4, 0.5) is 4.79 Å². The van der Waals surface area contributed by atoms with E-state index in [1.54, 1.807) is 48.8 Å². The summed E-state index contributed by atoms with van der Waals surface area (Å²) in [6, 6.07) is 8.77. The Balaban J connectivity index is 1.30. The third-order valence-corrected chi connectivity index (χ3v) is 5.62. The monoisotopic (exact) mass is 429 g/mol. The highest BCUT2D eigenvalue weighted by Crippen LogP contribution is 2.32. The Labute approximate surface area is 176 Å². The quantitative estimate of drug-likeness (QED) is 0.735.